The Morgan fingerprint density at radius 2 is 2.33 bits per heavy atom. The molecule has 5 heteroatoms. The predicted molar refractivity (Wildman–Crippen MR) is 54.2 cm³/mol. The second-order valence-electron chi connectivity index (χ2n) is 3.86. The molecule has 82 valence electrons. The molecule has 1 aromatic heterocycles. The Morgan fingerprint density at radius 3 is 2.87 bits per heavy atom. The van der Waals surface area contributed by atoms with Crippen LogP contribution < -0.4 is 5.73 Å². The molecule has 0 unspecified atom stereocenters. The summed E-state index contributed by atoms with van der Waals surface area (Å²) in [6.07, 6.45) is 3.39. The summed E-state index contributed by atoms with van der Waals surface area (Å²) in [7, 11) is 0. The Balaban J connectivity index is 1.93. The van der Waals surface area contributed by atoms with Crippen LogP contribution in [0.3, 0.4) is 0 Å². The van der Waals surface area contributed by atoms with Gasteiger partial charge in [-0.1, -0.05) is 5.16 Å². The number of hydrogen-bond acceptors (Lipinski definition) is 4. The van der Waals surface area contributed by atoms with Crippen LogP contribution in [0.15, 0.2) is 16.9 Å². The van der Waals surface area contributed by atoms with Gasteiger partial charge in [-0.05, 0) is 25.3 Å². The number of rotatable bonds is 2. The lowest BCUT2D eigenvalue weighted by molar-refractivity contribution is 0.0683. The first-order valence-electron chi connectivity index (χ1n) is 5.21. The van der Waals surface area contributed by atoms with Crippen molar-refractivity contribution in [1.82, 2.24) is 10.1 Å². The molecule has 15 heavy (non-hydrogen) atoms. The molecule has 1 amide bonds. The smallest absolute Gasteiger partial charge is 0.276 e. The lowest BCUT2D eigenvalue weighted by Crippen LogP contribution is -2.40. The number of carbonyl (C=O) groups excluding carboxylic acids is 1. The molecule has 0 bridgehead atoms. The summed E-state index contributed by atoms with van der Waals surface area (Å²) in [5.41, 5.74) is 5.98. The first kappa shape index (κ1) is 10.2. The Labute approximate surface area is 88.2 Å². The first-order chi connectivity index (χ1) is 7.31. The van der Waals surface area contributed by atoms with Crippen LogP contribution in [-0.2, 0) is 0 Å². The summed E-state index contributed by atoms with van der Waals surface area (Å²) >= 11 is 0. The maximum atomic E-state index is 11.8. The molecule has 0 radical (unpaired) electrons. The topological polar surface area (TPSA) is 72.4 Å². The van der Waals surface area contributed by atoms with Crippen molar-refractivity contribution < 1.29 is 9.32 Å². The number of likely N-dealkylation sites (tertiary alicyclic amines) is 1. The van der Waals surface area contributed by atoms with Gasteiger partial charge in [0.1, 0.15) is 6.26 Å². The number of piperidine rings is 1. The monoisotopic (exact) mass is 209 g/mol. The molecular formula is C10H15N3O2. The second-order valence-corrected chi connectivity index (χ2v) is 3.86. The van der Waals surface area contributed by atoms with E-state index in [4.69, 9.17) is 5.73 Å². The molecule has 1 aliphatic rings. The third kappa shape index (κ3) is 2.18. The molecule has 0 aliphatic carbocycles. The normalized spacial score (nSPS) is 18.1. The molecular weight excluding hydrogens is 194 g/mol. The van der Waals surface area contributed by atoms with Gasteiger partial charge in [-0.2, -0.15) is 0 Å². The van der Waals surface area contributed by atoms with Crippen LogP contribution in [0, 0.1) is 5.92 Å². The average Bonchev–Trinajstić information content (AvgIpc) is 2.82. The molecule has 1 aromatic rings. The van der Waals surface area contributed by atoms with E-state index < -0.39 is 0 Å². The molecule has 0 atom stereocenters. The summed E-state index contributed by atoms with van der Waals surface area (Å²) in [5, 5.41) is 3.64. The van der Waals surface area contributed by atoms with Crippen LogP contribution in [0.2, 0.25) is 0 Å². The zero-order valence-electron chi connectivity index (χ0n) is 8.56. The minimum absolute atomic E-state index is 0.0424. The number of nitrogens with two attached hydrogens (primary N) is 1. The third-order valence-electron chi connectivity index (χ3n) is 2.89. The maximum absolute atomic E-state index is 11.8. The Hall–Kier alpha value is -1.36. The van der Waals surface area contributed by atoms with E-state index in [1.807, 2.05) is 4.90 Å². The van der Waals surface area contributed by atoms with Crippen molar-refractivity contribution >= 4 is 5.91 Å². The van der Waals surface area contributed by atoms with Gasteiger partial charge in [-0.3, -0.25) is 4.79 Å². The zero-order valence-corrected chi connectivity index (χ0v) is 8.56. The van der Waals surface area contributed by atoms with Crippen molar-refractivity contribution in [2.75, 3.05) is 19.6 Å². The van der Waals surface area contributed by atoms with Crippen molar-refractivity contribution in [2.45, 2.75) is 12.8 Å². The quantitative estimate of drug-likeness (QED) is 0.769. The third-order valence-corrected chi connectivity index (χ3v) is 2.89. The number of carbonyl (C=O) groups is 1. The molecule has 2 rings (SSSR count). The minimum atomic E-state index is -0.0424. The van der Waals surface area contributed by atoms with Crippen molar-refractivity contribution in [3.8, 4) is 0 Å². The van der Waals surface area contributed by atoms with Gasteiger partial charge < -0.3 is 15.2 Å². The highest BCUT2D eigenvalue weighted by Gasteiger charge is 2.23. The molecule has 2 N–H and O–H groups in total. The van der Waals surface area contributed by atoms with Crippen LogP contribution in [0.4, 0.5) is 0 Å². The van der Waals surface area contributed by atoms with E-state index in [1.165, 1.54) is 6.26 Å². The summed E-state index contributed by atoms with van der Waals surface area (Å²) in [5.74, 6) is 0.519. The Bertz CT molecular complexity index is 315. The minimum Gasteiger partial charge on any atom is -0.364 e. The molecule has 1 saturated heterocycles. The van der Waals surface area contributed by atoms with Crippen LogP contribution >= 0.6 is 0 Å². The van der Waals surface area contributed by atoms with Gasteiger partial charge in [0.25, 0.3) is 5.91 Å². The van der Waals surface area contributed by atoms with E-state index in [0.717, 1.165) is 25.9 Å². The summed E-state index contributed by atoms with van der Waals surface area (Å²) in [6, 6.07) is 1.59. The lowest BCUT2D eigenvalue weighted by Gasteiger charge is -2.30. The fraction of sp³-hybridized carbons (Fsp3) is 0.600. The molecule has 1 fully saturated rings. The lowest BCUT2D eigenvalue weighted by atomic mass is 9.97. The van der Waals surface area contributed by atoms with E-state index in [0.29, 0.717) is 18.2 Å². The molecule has 1 aliphatic heterocycles. The van der Waals surface area contributed by atoms with E-state index in [9.17, 15) is 4.79 Å². The predicted octanol–water partition coefficient (Wildman–Crippen LogP) is 0.485. The zero-order chi connectivity index (χ0) is 10.7. The second kappa shape index (κ2) is 4.44. The highest BCUT2D eigenvalue weighted by molar-refractivity contribution is 5.92. The van der Waals surface area contributed by atoms with Crippen LogP contribution in [0.1, 0.15) is 23.3 Å². The van der Waals surface area contributed by atoms with E-state index in [-0.39, 0.29) is 5.91 Å². The van der Waals surface area contributed by atoms with Crippen LogP contribution in [-0.4, -0.2) is 35.6 Å². The van der Waals surface area contributed by atoms with Crippen molar-refractivity contribution in [2.24, 2.45) is 11.7 Å². The fourth-order valence-electron chi connectivity index (χ4n) is 1.86. The summed E-state index contributed by atoms with van der Waals surface area (Å²) < 4.78 is 4.65. The molecule has 5 nitrogen and oxygen atoms in total. The van der Waals surface area contributed by atoms with Gasteiger partial charge in [-0.15, -0.1) is 0 Å². The largest absolute Gasteiger partial charge is 0.364 e. The van der Waals surface area contributed by atoms with Crippen molar-refractivity contribution in [3.05, 3.63) is 18.0 Å². The molecule has 0 saturated carbocycles. The van der Waals surface area contributed by atoms with E-state index >= 15 is 0 Å². The first-order valence-corrected chi connectivity index (χ1v) is 5.21. The van der Waals surface area contributed by atoms with Crippen LogP contribution in [0.5, 0.6) is 0 Å². The number of nitrogens with zero attached hydrogens (tertiary/aromatic N) is 2. The van der Waals surface area contributed by atoms with E-state index in [2.05, 4.69) is 9.68 Å². The standard InChI is InChI=1S/C10H15N3O2/c11-7-8-1-4-13(5-2-8)10(14)9-3-6-15-12-9/h3,6,8H,1-2,4-5,7,11H2. The summed E-state index contributed by atoms with van der Waals surface area (Å²) in [4.78, 5) is 13.6. The Kier molecular flexibility index (Phi) is 3.01. The fourth-order valence-corrected chi connectivity index (χ4v) is 1.86. The molecule has 2 heterocycles. The molecule has 0 aromatic carbocycles. The van der Waals surface area contributed by atoms with Gasteiger partial charge >= 0.3 is 0 Å². The van der Waals surface area contributed by atoms with Gasteiger partial charge in [0.05, 0.1) is 0 Å². The van der Waals surface area contributed by atoms with Gasteiger partial charge in [-0.25, -0.2) is 0 Å². The van der Waals surface area contributed by atoms with Crippen molar-refractivity contribution in [1.29, 1.82) is 0 Å². The highest BCUT2D eigenvalue weighted by atomic mass is 16.5. The number of aromatic nitrogens is 1. The number of hydrogen-bond donors (Lipinski definition) is 1. The number of amides is 1. The maximum Gasteiger partial charge on any atom is 0.276 e. The summed E-state index contributed by atoms with van der Waals surface area (Å²) in [6.45, 7) is 2.26. The highest BCUT2D eigenvalue weighted by Crippen LogP contribution is 2.17. The van der Waals surface area contributed by atoms with Gasteiger partial charge in [0.2, 0.25) is 0 Å². The SMILES string of the molecule is NCC1CCN(C(=O)c2ccon2)CC1. The van der Waals surface area contributed by atoms with Gasteiger partial charge in [0, 0.05) is 19.2 Å². The average molecular weight is 209 g/mol. The van der Waals surface area contributed by atoms with Gasteiger partial charge in [0.15, 0.2) is 5.69 Å². The molecule has 0 spiro atoms. The van der Waals surface area contributed by atoms with E-state index in [1.54, 1.807) is 6.07 Å². The Morgan fingerprint density at radius 1 is 1.60 bits per heavy atom. The van der Waals surface area contributed by atoms with Crippen molar-refractivity contribution in [3.63, 3.8) is 0 Å². The van der Waals surface area contributed by atoms with Crippen LogP contribution in [0.25, 0.3) is 0 Å².